The highest BCUT2D eigenvalue weighted by molar-refractivity contribution is 5.90. The van der Waals surface area contributed by atoms with E-state index >= 15 is 0 Å². The average Bonchev–Trinajstić information content (AvgIpc) is 2.99. The molecule has 2 aromatic rings. The molecule has 1 heterocycles. The zero-order chi connectivity index (χ0) is 18.5. The number of rotatable bonds is 5. The molecule has 3 rings (SSSR count). The second-order valence-corrected chi connectivity index (χ2v) is 7.01. The van der Waals surface area contributed by atoms with Crippen LogP contribution in [0.4, 0.5) is 0 Å². The molecule has 6 heteroatoms. The van der Waals surface area contributed by atoms with Crippen molar-refractivity contribution in [2.75, 3.05) is 7.11 Å². The first-order valence-electron chi connectivity index (χ1n) is 9.24. The molecule has 1 aliphatic carbocycles. The topological polar surface area (TPSA) is 91.4 Å². The van der Waals surface area contributed by atoms with Gasteiger partial charge in [0.15, 0.2) is 0 Å². The fourth-order valence-electron chi connectivity index (χ4n) is 3.81. The third-order valence-electron chi connectivity index (χ3n) is 5.26. The van der Waals surface area contributed by atoms with Gasteiger partial charge in [-0.05, 0) is 36.6 Å². The van der Waals surface area contributed by atoms with Gasteiger partial charge in [0.1, 0.15) is 5.75 Å². The molecule has 0 radical (unpaired) electrons. The Bertz CT molecular complexity index is 783. The minimum absolute atomic E-state index is 0.134. The number of amides is 1. The summed E-state index contributed by atoms with van der Waals surface area (Å²) in [7, 11) is 1.61. The number of carboxylic acid groups (broad SMARTS) is 1. The van der Waals surface area contributed by atoms with Gasteiger partial charge in [0.2, 0.25) is 5.91 Å². The summed E-state index contributed by atoms with van der Waals surface area (Å²) in [6.45, 7) is 0. The number of benzene rings is 1. The van der Waals surface area contributed by atoms with Gasteiger partial charge in [-0.15, -0.1) is 0 Å². The van der Waals surface area contributed by atoms with Crippen LogP contribution in [0.2, 0.25) is 0 Å². The standard InChI is InChI=1S/C20H26N2O4/c1-26-14-8-9-17-16(11-14)13(12-21-17)10-19(23)22-18-7-5-3-2-4-6-15(18)20(24)25/h8-9,11-12,15,18,21H,2-7,10H2,1H3,(H,22,23)(H,24,25). The maximum Gasteiger partial charge on any atom is 0.308 e. The summed E-state index contributed by atoms with van der Waals surface area (Å²) < 4.78 is 5.26. The summed E-state index contributed by atoms with van der Waals surface area (Å²) in [5.41, 5.74) is 1.83. The van der Waals surface area contributed by atoms with E-state index in [4.69, 9.17) is 4.74 Å². The van der Waals surface area contributed by atoms with E-state index in [1.807, 2.05) is 24.4 Å². The number of aromatic nitrogens is 1. The van der Waals surface area contributed by atoms with Crippen LogP contribution in [0.15, 0.2) is 24.4 Å². The first-order valence-corrected chi connectivity index (χ1v) is 9.24. The van der Waals surface area contributed by atoms with E-state index in [1.54, 1.807) is 7.11 Å². The first kappa shape index (κ1) is 18.3. The minimum Gasteiger partial charge on any atom is -0.497 e. The van der Waals surface area contributed by atoms with E-state index in [2.05, 4.69) is 10.3 Å². The summed E-state index contributed by atoms with van der Waals surface area (Å²) in [4.78, 5) is 27.4. The molecule has 26 heavy (non-hydrogen) atoms. The quantitative estimate of drug-likeness (QED) is 0.765. The molecule has 1 aromatic heterocycles. The summed E-state index contributed by atoms with van der Waals surface area (Å²) in [5, 5.41) is 13.5. The minimum atomic E-state index is -0.811. The maximum absolute atomic E-state index is 12.6. The number of fused-ring (bicyclic) bond motifs is 1. The Morgan fingerprint density at radius 3 is 2.73 bits per heavy atom. The van der Waals surface area contributed by atoms with Crippen LogP contribution < -0.4 is 10.1 Å². The highest BCUT2D eigenvalue weighted by Crippen LogP contribution is 2.25. The van der Waals surface area contributed by atoms with Crippen LogP contribution in [0.25, 0.3) is 10.9 Å². The molecule has 2 unspecified atom stereocenters. The molecule has 3 N–H and O–H groups in total. The van der Waals surface area contributed by atoms with Gasteiger partial charge in [-0.2, -0.15) is 0 Å². The largest absolute Gasteiger partial charge is 0.497 e. The lowest BCUT2D eigenvalue weighted by atomic mass is 9.86. The lowest BCUT2D eigenvalue weighted by Crippen LogP contribution is -2.44. The number of ether oxygens (including phenoxy) is 1. The summed E-state index contributed by atoms with van der Waals surface area (Å²) >= 11 is 0. The highest BCUT2D eigenvalue weighted by atomic mass is 16.5. The Kier molecular flexibility index (Phi) is 5.81. The van der Waals surface area contributed by atoms with Crippen molar-refractivity contribution >= 4 is 22.8 Å². The summed E-state index contributed by atoms with van der Waals surface area (Å²) in [6.07, 6.45) is 7.44. The van der Waals surface area contributed by atoms with Crippen molar-refractivity contribution in [3.05, 3.63) is 30.0 Å². The van der Waals surface area contributed by atoms with Crippen molar-refractivity contribution in [2.45, 2.75) is 51.0 Å². The van der Waals surface area contributed by atoms with Gasteiger partial charge in [0.05, 0.1) is 19.4 Å². The smallest absolute Gasteiger partial charge is 0.308 e. The zero-order valence-electron chi connectivity index (χ0n) is 15.1. The predicted octanol–water partition coefficient (Wildman–Crippen LogP) is 3.26. The van der Waals surface area contributed by atoms with E-state index in [9.17, 15) is 14.7 Å². The van der Waals surface area contributed by atoms with E-state index < -0.39 is 11.9 Å². The third kappa shape index (κ3) is 4.18. The fraction of sp³-hybridized carbons (Fsp3) is 0.500. The highest BCUT2D eigenvalue weighted by Gasteiger charge is 2.29. The first-order chi connectivity index (χ1) is 12.6. The number of aliphatic carboxylic acids is 1. The van der Waals surface area contributed by atoms with Crippen molar-refractivity contribution in [1.82, 2.24) is 10.3 Å². The van der Waals surface area contributed by atoms with E-state index in [1.165, 1.54) is 0 Å². The molecular weight excluding hydrogens is 332 g/mol. The van der Waals surface area contributed by atoms with Crippen molar-refractivity contribution in [3.63, 3.8) is 0 Å². The number of nitrogens with one attached hydrogen (secondary N) is 2. The third-order valence-corrected chi connectivity index (χ3v) is 5.26. The average molecular weight is 358 g/mol. The van der Waals surface area contributed by atoms with Crippen LogP contribution in [0.1, 0.15) is 44.1 Å². The molecule has 1 amide bonds. The molecular formula is C20H26N2O4. The molecule has 140 valence electrons. The second kappa shape index (κ2) is 8.25. The molecule has 6 nitrogen and oxygen atoms in total. The zero-order valence-corrected chi connectivity index (χ0v) is 15.1. The molecule has 0 saturated heterocycles. The number of carboxylic acids is 1. The molecule has 0 bridgehead atoms. The Morgan fingerprint density at radius 1 is 1.23 bits per heavy atom. The van der Waals surface area contributed by atoms with Crippen LogP contribution in [0.3, 0.4) is 0 Å². The van der Waals surface area contributed by atoms with Gasteiger partial charge in [-0.1, -0.05) is 25.7 Å². The Balaban J connectivity index is 1.71. The van der Waals surface area contributed by atoms with Crippen molar-refractivity contribution in [2.24, 2.45) is 5.92 Å². The summed E-state index contributed by atoms with van der Waals surface area (Å²) in [5.74, 6) is -0.702. The van der Waals surface area contributed by atoms with Crippen LogP contribution in [-0.2, 0) is 16.0 Å². The van der Waals surface area contributed by atoms with Crippen LogP contribution >= 0.6 is 0 Å². The van der Waals surface area contributed by atoms with Crippen molar-refractivity contribution in [1.29, 1.82) is 0 Å². The lowest BCUT2D eigenvalue weighted by Gasteiger charge is -2.27. The molecule has 1 aliphatic rings. The van der Waals surface area contributed by atoms with Gasteiger partial charge in [0.25, 0.3) is 0 Å². The van der Waals surface area contributed by atoms with Gasteiger partial charge < -0.3 is 20.1 Å². The number of hydrogen-bond acceptors (Lipinski definition) is 3. The maximum atomic E-state index is 12.6. The Labute approximate surface area is 152 Å². The number of aromatic amines is 1. The monoisotopic (exact) mass is 358 g/mol. The molecule has 0 spiro atoms. The number of methoxy groups -OCH3 is 1. The summed E-state index contributed by atoms with van der Waals surface area (Å²) in [6, 6.07) is 5.41. The predicted molar refractivity (Wildman–Crippen MR) is 99.3 cm³/mol. The number of carbonyl (C=O) groups is 2. The Morgan fingerprint density at radius 2 is 2.00 bits per heavy atom. The van der Waals surface area contributed by atoms with Crippen molar-refractivity contribution < 1.29 is 19.4 Å². The van der Waals surface area contributed by atoms with Gasteiger partial charge in [-0.3, -0.25) is 9.59 Å². The molecule has 0 aliphatic heterocycles. The molecule has 1 aromatic carbocycles. The fourth-order valence-corrected chi connectivity index (χ4v) is 3.81. The normalized spacial score (nSPS) is 21.0. The molecule has 1 saturated carbocycles. The van der Waals surface area contributed by atoms with Gasteiger partial charge >= 0.3 is 5.97 Å². The lowest BCUT2D eigenvalue weighted by molar-refractivity contribution is -0.143. The van der Waals surface area contributed by atoms with Crippen LogP contribution in [-0.4, -0.2) is 35.1 Å². The Hall–Kier alpha value is -2.50. The van der Waals surface area contributed by atoms with E-state index in [-0.39, 0.29) is 18.4 Å². The van der Waals surface area contributed by atoms with Crippen molar-refractivity contribution in [3.8, 4) is 5.75 Å². The number of hydrogen-bond donors (Lipinski definition) is 3. The van der Waals surface area contributed by atoms with Gasteiger partial charge in [-0.25, -0.2) is 0 Å². The number of carbonyl (C=O) groups excluding carboxylic acids is 1. The van der Waals surface area contributed by atoms with E-state index in [0.717, 1.165) is 54.3 Å². The van der Waals surface area contributed by atoms with Gasteiger partial charge in [0, 0.05) is 23.1 Å². The number of H-pyrrole nitrogens is 1. The SMILES string of the molecule is COc1ccc2[nH]cc(CC(=O)NC3CCCCCCC3C(=O)O)c2c1. The van der Waals surface area contributed by atoms with Crippen LogP contribution in [0, 0.1) is 5.92 Å². The molecule has 2 atom stereocenters. The second-order valence-electron chi connectivity index (χ2n) is 7.01. The molecule has 1 fully saturated rings. The van der Waals surface area contributed by atoms with Crippen LogP contribution in [0.5, 0.6) is 5.75 Å². The van der Waals surface area contributed by atoms with E-state index in [0.29, 0.717) is 6.42 Å².